The van der Waals surface area contributed by atoms with Crippen LogP contribution < -0.4 is 4.90 Å². The van der Waals surface area contributed by atoms with Gasteiger partial charge < -0.3 is 19.5 Å². The summed E-state index contributed by atoms with van der Waals surface area (Å²) in [5, 5.41) is 10.4. The lowest BCUT2D eigenvalue weighted by molar-refractivity contribution is 0.0526. The normalized spacial score (nSPS) is 14.5. The van der Waals surface area contributed by atoms with E-state index in [1.165, 1.54) is 12.3 Å². The Balaban J connectivity index is 1.92. The van der Waals surface area contributed by atoms with E-state index >= 15 is 0 Å². The van der Waals surface area contributed by atoms with Crippen LogP contribution in [0.15, 0.2) is 41.4 Å². The van der Waals surface area contributed by atoms with E-state index in [4.69, 9.17) is 21.1 Å². The smallest absolute Gasteiger partial charge is 0.340 e. The van der Waals surface area contributed by atoms with Crippen molar-refractivity contribution < 1.29 is 19.4 Å². The minimum absolute atomic E-state index is 0.0821. The fourth-order valence-corrected chi connectivity index (χ4v) is 3.01. The van der Waals surface area contributed by atoms with E-state index in [2.05, 4.69) is 9.89 Å². The molecule has 6 nitrogen and oxygen atoms in total. The molecule has 2 aromatic rings. The Morgan fingerprint density at radius 3 is 2.81 bits per heavy atom. The van der Waals surface area contributed by atoms with Crippen molar-refractivity contribution in [3.63, 3.8) is 0 Å². The molecular weight excluding hydrogens is 368 g/mol. The van der Waals surface area contributed by atoms with Crippen LogP contribution in [0.3, 0.4) is 0 Å². The summed E-state index contributed by atoms with van der Waals surface area (Å²) in [5.74, 6) is -0.305. The summed E-state index contributed by atoms with van der Waals surface area (Å²) < 4.78 is 10.6. The number of hydrogen-bond acceptors (Lipinski definition) is 6. The zero-order valence-electron chi connectivity index (χ0n) is 15.0. The fraction of sp³-hybridized carbons (Fsp3) is 0.300. The van der Waals surface area contributed by atoms with E-state index in [1.54, 1.807) is 25.1 Å². The van der Waals surface area contributed by atoms with Crippen molar-refractivity contribution in [2.75, 3.05) is 37.8 Å². The third-order valence-electron chi connectivity index (χ3n) is 4.17. The van der Waals surface area contributed by atoms with Crippen LogP contribution in [0.2, 0.25) is 5.02 Å². The third-order valence-corrected chi connectivity index (χ3v) is 4.40. The summed E-state index contributed by atoms with van der Waals surface area (Å²) >= 11 is 5.96. The summed E-state index contributed by atoms with van der Waals surface area (Å²) in [5.41, 5.74) is 2.34. The number of esters is 1. The van der Waals surface area contributed by atoms with Gasteiger partial charge in [-0.05, 0) is 43.3 Å². The van der Waals surface area contributed by atoms with E-state index in [-0.39, 0.29) is 11.7 Å². The Labute approximate surface area is 163 Å². The van der Waals surface area contributed by atoms with Gasteiger partial charge in [0.05, 0.1) is 36.8 Å². The molecule has 0 radical (unpaired) electrons. The van der Waals surface area contributed by atoms with Gasteiger partial charge in [-0.1, -0.05) is 11.6 Å². The molecule has 0 aromatic heterocycles. The number of halogens is 1. The van der Waals surface area contributed by atoms with E-state index in [0.29, 0.717) is 54.7 Å². The van der Waals surface area contributed by atoms with Gasteiger partial charge in [-0.25, -0.2) is 4.79 Å². The van der Waals surface area contributed by atoms with Crippen LogP contribution in [-0.4, -0.2) is 50.2 Å². The first-order chi connectivity index (χ1) is 13.1. The summed E-state index contributed by atoms with van der Waals surface area (Å²) in [6.07, 6.45) is 1.51. The number of phenolic OH excluding ortho intramolecular Hbond substituents is 1. The molecule has 0 aliphatic carbocycles. The second-order valence-corrected chi connectivity index (χ2v) is 6.42. The van der Waals surface area contributed by atoms with Crippen LogP contribution in [0.1, 0.15) is 22.8 Å². The van der Waals surface area contributed by atoms with Crippen molar-refractivity contribution >= 4 is 35.2 Å². The molecule has 3 rings (SSSR count). The van der Waals surface area contributed by atoms with Crippen LogP contribution in [0, 0.1) is 0 Å². The van der Waals surface area contributed by atoms with Crippen molar-refractivity contribution in [2.24, 2.45) is 4.99 Å². The quantitative estimate of drug-likeness (QED) is 0.623. The highest BCUT2D eigenvalue weighted by molar-refractivity contribution is 6.30. The van der Waals surface area contributed by atoms with Gasteiger partial charge in [-0.2, -0.15) is 0 Å². The van der Waals surface area contributed by atoms with Gasteiger partial charge in [0.15, 0.2) is 0 Å². The molecule has 0 atom stereocenters. The molecule has 1 aliphatic heterocycles. The number of carbonyl (C=O) groups is 1. The minimum atomic E-state index is -0.387. The largest absolute Gasteiger partial charge is 0.507 e. The fourth-order valence-electron chi connectivity index (χ4n) is 2.83. The molecule has 0 amide bonds. The lowest BCUT2D eigenvalue weighted by Crippen LogP contribution is -2.37. The molecule has 0 bridgehead atoms. The lowest BCUT2D eigenvalue weighted by atomic mass is 10.1. The molecule has 1 saturated heterocycles. The van der Waals surface area contributed by atoms with Gasteiger partial charge in [-0.15, -0.1) is 0 Å². The number of morpholine rings is 1. The van der Waals surface area contributed by atoms with Crippen molar-refractivity contribution in [3.05, 3.63) is 52.5 Å². The first-order valence-corrected chi connectivity index (χ1v) is 9.12. The highest BCUT2D eigenvalue weighted by Crippen LogP contribution is 2.28. The van der Waals surface area contributed by atoms with Crippen LogP contribution in [0.25, 0.3) is 0 Å². The van der Waals surface area contributed by atoms with Crippen molar-refractivity contribution in [3.8, 4) is 5.75 Å². The van der Waals surface area contributed by atoms with Crippen LogP contribution >= 0.6 is 11.6 Å². The maximum absolute atomic E-state index is 12.4. The van der Waals surface area contributed by atoms with Gasteiger partial charge in [0.2, 0.25) is 0 Å². The number of anilines is 1. The zero-order valence-corrected chi connectivity index (χ0v) is 15.8. The van der Waals surface area contributed by atoms with E-state index in [0.717, 1.165) is 5.69 Å². The second-order valence-electron chi connectivity index (χ2n) is 5.98. The standard InChI is InChI=1S/C20H21ClN2O4/c1-2-27-20(25)17-12-16(4-5-18(17)23-7-9-26-10-8-23)22-13-14-11-15(21)3-6-19(14)24/h3-6,11-13,24H,2,7-10H2,1H3. The second kappa shape index (κ2) is 8.88. The highest BCUT2D eigenvalue weighted by Gasteiger charge is 2.20. The highest BCUT2D eigenvalue weighted by atomic mass is 35.5. The van der Waals surface area contributed by atoms with Gasteiger partial charge in [0.25, 0.3) is 0 Å². The number of aliphatic imine (C=N–C) groups is 1. The van der Waals surface area contributed by atoms with Crippen LogP contribution in [0.5, 0.6) is 5.75 Å². The summed E-state index contributed by atoms with van der Waals surface area (Å²) in [6.45, 7) is 4.74. The summed E-state index contributed by atoms with van der Waals surface area (Å²) in [4.78, 5) is 18.9. The number of ether oxygens (including phenoxy) is 2. The third kappa shape index (κ3) is 4.78. The van der Waals surface area contributed by atoms with E-state index < -0.39 is 0 Å². The molecule has 1 fully saturated rings. The molecule has 0 spiro atoms. The first-order valence-electron chi connectivity index (χ1n) is 8.75. The Bertz CT molecular complexity index is 848. The average Bonchev–Trinajstić information content (AvgIpc) is 2.69. The number of carbonyl (C=O) groups excluding carboxylic acids is 1. The molecule has 27 heavy (non-hydrogen) atoms. The SMILES string of the molecule is CCOC(=O)c1cc(N=Cc2cc(Cl)ccc2O)ccc1N1CCOCC1. The van der Waals surface area contributed by atoms with Gasteiger partial charge >= 0.3 is 5.97 Å². The average molecular weight is 389 g/mol. The Hall–Kier alpha value is -2.57. The number of aromatic hydroxyl groups is 1. The molecular formula is C20H21ClN2O4. The minimum Gasteiger partial charge on any atom is -0.507 e. The molecule has 0 saturated carbocycles. The zero-order chi connectivity index (χ0) is 19.2. The number of nitrogens with zero attached hydrogens (tertiary/aromatic N) is 2. The lowest BCUT2D eigenvalue weighted by Gasteiger charge is -2.30. The van der Waals surface area contributed by atoms with Crippen LogP contribution in [-0.2, 0) is 9.47 Å². The monoisotopic (exact) mass is 388 g/mol. The summed E-state index contributed by atoms with van der Waals surface area (Å²) in [7, 11) is 0. The maximum atomic E-state index is 12.4. The predicted molar refractivity (Wildman–Crippen MR) is 106 cm³/mol. The Kier molecular flexibility index (Phi) is 6.32. The van der Waals surface area contributed by atoms with E-state index in [9.17, 15) is 9.90 Å². The van der Waals surface area contributed by atoms with Gasteiger partial charge in [0, 0.05) is 29.9 Å². The number of benzene rings is 2. The molecule has 142 valence electrons. The number of hydrogen-bond donors (Lipinski definition) is 1. The Morgan fingerprint density at radius 2 is 2.07 bits per heavy atom. The maximum Gasteiger partial charge on any atom is 0.340 e. The number of rotatable bonds is 5. The Morgan fingerprint density at radius 1 is 1.30 bits per heavy atom. The first kappa shape index (κ1) is 19.2. The summed E-state index contributed by atoms with van der Waals surface area (Å²) in [6, 6.07) is 10.1. The molecule has 7 heteroatoms. The van der Waals surface area contributed by atoms with Crippen LogP contribution in [0.4, 0.5) is 11.4 Å². The van der Waals surface area contributed by atoms with Crippen molar-refractivity contribution in [1.29, 1.82) is 0 Å². The van der Waals surface area contributed by atoms with Gasteiger partial charge in [-0.3, -0.25) is 4.99 Å². The molecule has 2 aromatic carbocycles. The van der Waals surface area contributed by atoms with Crippen molar-refractivity contribution in [2.45, 2.75) is 6.92 Å². The molecule has 1 N–H and O–H groups in total. The van der Waals surface area contributed by atoms with E-state index in [1.807, 2.05) is 12.1 Å². The van der Waals surface area contributed by atoms with Crippen molar-refractivity contribution in [1.82, 2.24) is 0 Å². The number of phenols is 1. The van der Waals surface area contributed by atoms with Gasteiger partial charge in [0.1, 0.15) is 5.75 Å². The topological polar surface area (TPSA) is 71.4 Å². The molecule has 0 unspecified atom stereocenters. The predicted octanol–water partition coefficient (Wildman–Crippen LogP) is 3.81. The molecule has 1 heterocycles. The molecule has 1 aliphatic rings.